The van der Waals surface area contributed by atoms with Gasteiger partial charge in [-0.3, -0.25) is 9.59 Å². The molecule has 3 N–H and O–H groups in total. The van der Waals surface area contributed by atoms with Gasteiger partial charge in [-0.05, 0) is 75.5 Å². The molecule has 2 aromatic rings. The number of carbonyl (C=O) groups is 3. The zero-order chi connectivity index (χ0) is 30.5. The number of methoxy groups -OCH3 is 1. The summed E-state index contributed by atoms with van der Waals surface area (Å²) in [7, 11) is 1.62. The molecule has 2 heterocycles. The number of amides is 3. The molecule has 1 atom stereocenters. The fraction of sp³-hybridized carbons (Fsp3) is 0.636. The van der Waals surface area contributed by atoms with Gasteiger partial charge in [-0.1, -0.05) is 37.8 Å². The molecule has 10 nitrogen and oxygen atoms in total. The Morgan fingerprint density at radius 1 is 1.07 bits per heavy atom. The summed E-state index contributed by atoms with van der Waals surface area (Å²) in [5, 5.41) is 5.89. The highest BCUT2D eigenvalue weighted by Crippen LogP contribution is 2.47. The van der Waals surface area contributed by atoms with Crippen molar-refractivity contribution in [1.29, 1.82) is 0 Å². The second-order valence-corrected chi connectivity index (χ2v) is 11.9. The number of aryl methyl sites for hydroxylation is 1. The summed E-state index contributed by atoms with van der Waals surface area (Å²) >= 11 is 0. The monoisotopic (exact) mass is 595 g/mol. The maximum atomic E-state index is 13.9. The summed E-state index contributed by atoms with van der Waals surface area (Å²) < 4.78 is 10.9. The number of hydrogen-bond acceptors (Lipinski definition) is 6. The first kappa shape index (κ1) is 32.4. The minimum Gasteiger partial charge on any atom is -0.497 e. The van der Waals surface area contributed by atoms with Gasteiger partial charge in [0.25, 0.3) is 0 Å². The Hall–Kier alpha value is -3.56. The number of hydrogen-bond donors (Lipinski definition) is 3. The molecule has 0 unspecified atom stereocenters. The summed E-state index contributed by atoms with van der Waals surface area (Å²) in [6.07, 6.45) is 14.4. The van der Waals surface area contributed by atoms with E-state index in [1.165, 1.54) is 6.42 Å². The Kier molecular flexibility index (Phi) is 12.3. The van der Waals surface area contributed by atoms with E-state index in [0.29, 0.717) is 51.4 Å². The van der Waals surface area contributed by atoms with Gasteiger partial charge in [-0.25, -0.2) is 9.78 Å². The van der Waals surface area contributed by atoms with Gasteiger partial charge in [0, 0.05) is 37.9 Å². The van der Waals surface area contributed by atoms with Gasteiger partial charge in [-0.15, -0.1) is 0 Å². The van der Waals surface area contributed by atoms with Crippen LogP contribution < -0.4 is 15.4 Å². The smallest absolute Gasteiger partial charge is 0.315 e. The number of aromatic nitrogens is 2. The Morgan fingerprint density at radius 2 is 1.81 bits per heavy atom. The second kappa shape index (κ2) is 16.3. The number of ether oxygens (including phenoxy) is 2. The first-order valence-corrected chi connectivity index (χ1v) is 16.1. The summed E-state index contributed by atoms with van der Waals surface area (Å²) in [6, 6.07) is 6.49. The molecule has 1 saturated carbocycles. The highest BCUT2D eigenvalue weighted by molar-refractivity contribution is 5.88. The summed E-state index contributed by atoms with van der Waals surface area (Å²) in [4.78, 5) is 49.1. The van der Waals surface area contributed by atoms with E-state index in [-0.39, 0.29) is 17.9 Å². The average Bonchev–Trinajstić information content (AvgIpc) is 3.56. The van der Waals surface area contributed by atoms with Gasteiger partial charge in [0.05, 0.1) is 25.5 Å². The van der Waals surface area contributed by atoms with E-state index in [1.54, 1.807) is 13.4 Å². The fourth-order valence-corrected chi connectivity index (χ4v) is 6.70. The van der Waals surface area contributed by atoms with Gasteiger partial charge in [0.15, 0.2) is 0 Å². The predicted octanol–water partition coefficient (Wildman–Crippen LogP) is 4.79. The van der Waals surface area contributed by atoms with E-state index in [0.717, 1.165) is 68.4 Å². The van der Waals surface area contributed by atoms with Crippen molar-refractivity contribution in [3.63, 3.8) is 0 Å². The van der Waals surface area contributed by atoms with Crippen LogP contribution in [-0.2, 0) is 27.2 Å². The third-order valence-electron chi connectivity index (χ3n) is 9.20. The quantitative estimate of drug-likeness (QED) is 0.213. The lowest BCUT2D eigenvalue weighted by atomic mass is 9.63. The van der Waals surface area contributed by atoms with Crippen LogP contribution in [0, 0.1) is 11.3 Å². The number of esters is 1. The van der Waals surface area contributed by atoms with Crippen LogP contribution in [0.2, 0.25) is 0 Å². The van der Waals surface area contributed by atoms with Crippen LogP contribution in [0.1, 0.15) is 82.4 Å². The summed E-state index contributed by atoms with van der Waals surface area (Å²) in [5.41, 5.74) is 1.51. The molecule has 0 spiro atoms. The number of aromatic amines is 1. The summed E-state index contributed by atoms with van der Waals surface area (Å²) in [5.74, 6) is 0.812. The largest absolute Gasteiger partial charge is 0.497 e. The normalized spacial score (nSPS) is 17.6. The van der Waals surface area contributed by atoms with Crippen molar-refractivity contribution in [3.8, 4) is 5.75 Å². The van der Waals surface area contributed by atoms with Gasteiger partial charge >= 0.3 is 12.0 Å². The van der Waals surface area contributed by atoms with Crippen LogP contribution >= 0.6 is 0 Å². The average molecular weight is 596 g/mol. The molecule has 1 aromatic carbocycles. The number of piperidine rings is 1. The Bertz CT molecular complexity index is 1140. The van der Waals surface area contributed by atoms with Crippen molar-refractivity contribution in [2.75, 3.05) is 33.4 Å². The van der Waals surface area contributed by atoms with Crippen molar-refractivity contribution in [2.45, 2.75) is 90.0 Å². The van der Waals surface area contributed by atoms with Crippen molar-refractivity contribution in [1.82, 2.24) is 25.5 Å². The highest BCUT2D eigenvalue weighted by atomic mass is 16.5. The molecule has 3 amide bonds. The van der Waals surface area contributed by atoms with Crippen molar-refractivity contribution in [3.05, 3.63) is 48.0 Å². The molecule has 1 aliphatic carbocycles. The first-order chi connectivity index (χ1) is 20.9. The zero-order valence-electron chi connectivity index (χ0n) is 25.9. The number of nitrogens with one attached hydrogen (secondary N) is 3. The maximum Gasteiger partial charge on any atom is 0.315 e. The van der Waals surface area contributed by atoms with Crippen LogP contribution in [0.4, 0.5) is 4.79 Å². The molecular weight excluding hydrogens is 546 g/mol. The minimum absolute atomic E-state index is 0.106. The standard InChI is InChI=1S/C33H49N5O5/c1-3-43-31(40)33(26-10-6-4-7-11-26)17-20-38(21-18-33)30(39)29(22-25-13-15-28(42-2)16-14-25)37-32(41)35-19-9-5-8-12-27-23-34-24-36-27/h13-16,23-24,26,29H,3-12,17-22H2,1-2H3,(H,34,36)(H2,35,37,41)/t29-/m1/s1. The third-order valence-corrected chi connectivity index (χ3v) is 9.20. The van der Waals surface area contributed by atoms with E-state index in [1.807, 2.05) is 42.3 Å². The molecule has 43 heavy (non-hydrogen) atoms. The zero-order valence-corrected chi connectivity index (χ0v) is 25.9. The Balaban J connectivity index is 1.36. The van der Waals surface area contributed by atoms with Gasteiger partial charge < -0.3 is 30.0 Å². The second-order valence-electron chi connectivity index (χ2n) is 11.9. The fourth-order valence-electron chi connectivity index (χ4n) is 6.70. The number of urea groups is 1. The minimum atomic E-state index is -0.724. The molecule has 2 aliphatic rings. The maximum absolute atomic E-state index is 13.9. The Morgan fingerprint density at radius 3 is 2.47 bits per heavy atom. The van der Waals surface area contributed by atoms with Crippen molar-refractivity contribution >= 4 is 17.9 Å². The van der Waals surface area contributed by atoms with E-state index >= 15 is 0 Å². The molecule has 10 heteroatoms. The lowest BCUT2D eigenvalue weighted by Gasteiger charge is -2.46. The molecule has 4 rings (SSSR count). The number of rotatable bonds is 14. The van der Waals surface area contributed by atoms with E-state index < -0.39 is 11.5 Å². The lowest BCUT2D eigenvalue weighted by molar-refractivity contribution is -0.166. The molecule has 236 valence electrons. The summed E-state index contributed by atoms with van der Waals surface area (Å²) in [6.45, 7) is 3.71. The lowest BCUT2D eigenvalue weighted by Crippen LogP contribution is -2.56. The van der Waals surface area contributed by atoms with Crippen LogP contribution in [0.5, 0.6) is 5.75 Å². The van der Waals surface area contributed by atoms with Crippen molar-refractivity contribution < 1.29 is 23.9 Å². The third kappa shape index (κ3) is 8.97. The first-order valence-electron chi connectivity index (χ1n) is 16.1. The van der Waals surface area contributed by atoms with E-state index in [2.05, 4.69) is 20.6 Å². The predicted molar refractivity (Wildman–Crippen MR) is 165 cm³/mol. The molecule has 1 aliphatic heterocycles. The van der Waals surface area contributed by atoms with Crippen LogP contribution in [0.25, 0.3) is 0 Å². The van der Waals surface area contributed by atoms with Gasteiger partial charge in [0.2, 0.25) is 5.91 Å². The number of likely N-dealkylation sites (tertiary alicyclic amines) is 1. The van der Waals surface area contributed by atoms with Crippen LogP contribution in [0.15, 0.2) is 36.8 Å². The van der Waals surface area contributed by atoms with Crippen LogP contribution in [0.3, 0.4) is 0 Å². The van der Waals surface area contributed by atoms with E-state index in [4.69, 9.17) is 9.47 Å². The SMILES string of the molecule is CCOC(=O)C1(C2CCCCC2)CCN(C(=O)[C@@H](Cc2ccc(OC)cc2)NC(=O)NCCCCCc2cnc[nH]2)CC1. The topological polar surface area (TPSA) is 126 Å². The molecule has 0 bridgehead atoms. The molecular formula is C33H49N5O5. The van der Waals surface area contributed by atoms with E-state index in [9.17, 15) is 14.4 Å². The van der Waals surface area contributed by atoms with Gasteiger partial charge in [0.1, 0.15) is 11.8 Å². The highest BCUT2D eigenvalue weighted by Gasteiger charge is 2.49. The van der Waals surface area contributed by atoms with Gasteiger partial charge in [-0.2, -0.15) is 0 Å². The van der Waals surface area contributed by atoms with Crippen molar-refractivity contribution in [2.24, 2.45) is 11.3 Å². The molecule has 1 saturated heterocycles. The number of unbranched alkanes of at least 4 members (excludes halogenated alkanes) is 2. The molecule has 0 radical (unpaired) electrons. The number of nitrogens with zero attached hydrogens (tertiary/aromatic N) is 2. The molecule has 1 aromatic heterocycles. The number of carbonyl (C=O) groups excluding carboxylic acids is 3. The van der Waals surface area contributed by atoms with Crippen LogP contribution in [-0.4, -0.2) is 72.2 Å². The number of imidazole rings is 1. The Labute approximate surface area is 255 Å². The molecule has 2 fully saturated rings. The number of H-pyrrole nitrogens is 1. The number of benzene rings is 1.